The highest BCUT2D eigenvalue weighted by Crippen LogP contribution is 2.19. The number of carbonyl (C=O) groups is 1. The maximum atomic E-state index is 11.6. The SMILES string of the molecule is CCOC(=O)c1cnn(CC(N)=S)c1OCC. The van der Waals surface area contributed by atoms with Crippen LogP contribution >= 0.6 is 12.2 Å². The van der Waals surface area contributed by atoms with Gasteiger partial charge in [-0.3, -0.25) is 0 Å². The summed E-state index contributed by atoms with van der Waals surface area (Å²) in [5.41, 5.74) is 5.71. The molecule has 0 saturated heterocycles. The van der Waals surface area contributed by atoms with E-state index in [1.165, 1.54) is 10.9 Å². The first-order chi connectivity index (χ1) is 8.10. The molecule has 1 aromatic rings. The van der Waals surface area contributed by atoms with Gasteiger partial charge in [0.05, 0.1) is 30.9 Å². The standard InChI is InChI=1S/C10H15N3O3S/c1-3-15-9-7(10(14)16-4-2)5-12-13(9)6-8(11)17/h5H,3-4,6H2,1-2H3,(H2,11,17). The number of aromatic nitrogens is 2. The molecule has 2 N–H and O–H groups in total. The summed E-state index contributed by atoms with van der Waals surface area (Å²) in [5, 5.41) is 4.00. The first kappa shape index (κ1) is 13.4. The number of esters is 1. The third-order valence-corrected chi connectivity index (χ3v) is 2.00. The van der Waals surface area contributed by atoms with Gasteiger partial charge in [0, 0.05) is 0 Å². The van der Waals surface area contributed by atoms with Crippen molar-refractivity contribution in [2.24, 2.45) is 5.73 Å². The van der Waals surface area contributed by atoms with E-state index in [9.17, 15) is 4.79 Å². The van der Waals surface area contributed by atoms with Crippen LogP contribution < -0.4 is 10.5 Å². The van der Waals surface area contributed by atoms with Crippen molar-refractivity contribution in [2.75, 3.05) is 13.2 Å². The van der Waals surface area contributed by atoms with E-state index in [2.05, 4.69) is 5.10 Å². The third-order valence-electron chi connectivity index (χ3n) is 1.87. The lowest BCUT2D eigenvalue weighted by molar-refractivity contribution is 0.0521. The molecule has 0 amide bonds. The number of hydrogen-bond donors (Lipinski definition) is 1. The zero-order chi connectivity index (χ0) is 12.8. The Morgan fingerprint density at radius 2 is 2.24 bits per heavy atom. The molecule has 0 fully saturated rings. The topological polar surface area (TPSA) is 79.4 Å². The molecule has 0 aromatic carbocycles. The van der Waals surface area contributed by atoms with Gasteiger partial charge in [-0.15, -0.1) is 0 Å². The van der Waals surface area contributed by atoms with E-state index in [-0.39, 0.29) is 17.1 Å². The van der Waals surface area contributed by atoms with Crippen LogP contribution in [0.4, 0.5) is 0 Å². The largest absolute Gasteiger partial charge is 0.478 e. The van der Waals surface area contributed by atoms with Crippen molar-refractivity contribution in [3.8, 4) is 5.88 Å². The number of thiocarbonyl (C=S) groups is 1. The smallest absolute Gasteiger partial charge is 0.345 e. The Hall–Kier alpha value is -1.63. The molecule has 17 heavy (non-hydrogen) atoms. The highest BCUT2D eigenvalue weighted by atomic mass is 32.1. The molecule has 0 radical (unpaired) electrons. The molecule has 6 nitrogen and oxygen atoms in total. The Morgan fingerprint density at radius 1 is 1.53 bits per heavy atom. The van der Waals surface area contributed by atoms with Crippen LogP contribution in [0.1, 0.15) is 24.2 Å². The van der Waals surface area contributed by atoms with Gasteiger partial charge < -0.3 is 15.2 Å². The van der Waals surface area contributed by atoms with E-state index in [4.69, 9.17) is 27.4 Å². The van der Waals surface area contributed by atoms with Crippen molar-refractivity contribution >= 4 is 23.2 Å². The van der Waals surface area contributed by atoms with E-state index in [0.717, 1.165) is 0 Å². The van der Waals surface area contributed by atoms with Crippen LogP contribution in [0.2, 0.25) is 0 Å². The van der Waals surface area contributed by atoms with Crippen molar-refractivity contribution in [2.45, 2.75) is 20.4 Å². The number of carbonyl (C=O) groups excluding carboxylic acids is 1. The van der Waals surface area contributed by atoms with Crippen LogP contribution in [0.15, 0.2) is 6.20 Å². The zero-order valence-electron chi connectivity index (χ0n) is 9.80. The average molecular weight is 257 g/mol. The molecule has 0 unspecified atom stereocenters. The molecule has 7 heteroatoms. The quantitative estimate of drug-likeness (QED) is 0.598. The van der Waals surface area contributed by atoms with Crippen LogP contribution in [-0.4, -0.2) is 34.0 Å². The highest BCUT2D eigenvalue weighted by molar-refractivity contribution is 7.80. The lowest BCUT2D eigenvalue weighted by Crippen LogP contribution is -2.19. The highest BCUT2D eigenvalue weighted by Gasteiger charge is 2.20. The van der Waals surface area contributed by atoms with Gasteiger partial charge in [0.15, 0.2) is 0 Å². The Kier molecular flexibility index (Phi) is 4.89. The van der Waals surface area contributed by atoms with Crippen LogP contribution in [0, 0.1) is 0 Å². The van der Waals surface area contributed by atoms with Crippen molar-refractivity contribution < 1.29 is 14.3 Å². The minimum atomic E-state index is -0.467. The second-order valence-electron chi connectivity index (χ2n) is 3.14. The lowest BCUT2D eigenvalue weighted by Gasteiger charge is -2.08. The maximum Gasteiger partial charge on any atom is 0.345 e. The molecule has 0 atom stereocenters. The first-order valence-corrected chi connectivity index (χ1v) is 5.65. The van der Waals surface area contributed by atoms with Gasteiger partial charge in [0.1, 0.15) is 5.56 Å². The second-order valence-corrected chi connectivity index (χ2v) is 3.67. The Labute approximate surface area is 105 Å². The van der Waals surface area contributed by atoms with E-state index in [1.54, 1.807) is 6.92 Å². The molecule has 0 bridgehead atoms. The summed E-state index contributed by atoms with van der Waals surface area (Å²) in [6.07, 6.45) is 1.39. The molecular formula is C10H15N3O3S. The van der Waals surface area contributed by atoms with Gasteiger partial charge in [-0.05, 0) is 13.8 Å². The fraction of sp³-hybridized carbons (Fsp3) is 0.500. The molecule has 94 valence electrons. The molecule has 1 rings (SSSR count). The van der Waals surface area contributed by atoms with Gasteiger partial charge >= 0.3 is 5.97 Å². The Morgan fingerprint density at radius 3 is 2.76 bits per heavy atom. The van der Waals surface area contributed by atoms with E-state index in [0.29, 0.717) is 19.1 Å². The summed E-state index contributed by atoms with van der Waals surface area (Å²) in [4.78, 5) is 11.9. The van der Waals surface area contributed by atoms with Gasteiger partial charge in [-0.25, -0.2) is 9.48 Å². The van der Waals surface area contributed by atoms with Gasteiger partial charge in [0.2, 0.25) is 5.88 Å². The molecule has 0 aliphatic rings. The maximum absolute atomic E-state index is 11.6. The summed E-state index contributed by atoms with van der Waals surface area (Å²) >= 11 is 4.79. The molecule has 1 heterocycles. The fourth-order valence-electron chi connectivity index (χ4n) is 1.27. The average Bonchev–Trinajstić information content (AvgIpc) is 2.62. The monoisotopic (exact) mass is 257 g/mol. The van der Waals surface area contributed by atoms with Crippen LogP contribution in [0.5, 0.6) is 5.88 Å². The number of hydrogen-bond acceptors (Lipinski definition) is 5. The predicted octanol–water partition coefficient (Wildman–Crippen LogP) is 0.745. The number of nitrogens with zero attached hydrogens (tertiary/aromatic N) is 2. The summed E-state index contributed by atoms with van der Waals surface area (Å²) in [6, 6.07) is 0. The molecular weight excluding hydrogens is 242 g/mol. The van der Waals surface area contributed by atoms with Crippen LogP contribution in [0.25, 0.3) is 0 Å². The van der Waals surface area contributed by atoms with Crippen molar-refractivity contribution in [3.63, 3.8) is 0 Å². The van der Waals surface area contributed by atoms with E-state index in [1.807, 2.05) is 6.92 Å². The summed E-state index contributed by atoms with van der Waals surface area (Å²) in [7, 11) is 0. The second kappa shape index (κ2) is 6.19. The summed E-state index contributed by atoms with van der Waals surface area (Å²) in [6.45, 7) is 4.48. The van der Waals surface area contributed by atoms with E-state index >= 15 is 0 Å². The predicted molar refractivity (Wildman–Crippen MR) is 66.1 cm³/mol. The molecule has 0 saturated carbocycles. The van der Waals surface area contributed by atoms with E-state index < -0.39 is 5.97 Å². The number of ether oxygens (including phenoxy) is 2. The first-order valence-electron chi connectivity index (χ1n) is 5.24. The molecule has 0 spiro atoms. The molecule has 0 aliphatic heterocycles. The van der Waals surface area contributed by atoms with Crippen LogP contribution in [-0.2, 0) is 11.3 Å². The zero-order valence-corrected chi connectivity index (χ0v) is 10.6. The Balaban J connectivity index is 3.00. The van der Waals surface area contributed by atoms with Gasteiger partial charge in [-0.2, -0.15) is 5.10 Å². The minimum absolute atomic E-state index is 0.226. The number of nitrogens with two attached hydrogens (primary N) is 1. The minimum Gasteiger partial charge on any atom is -0.478 e. The van der Waals surface area contributed by atoms with Crippen LogP contribution in [0.3, 0.4) is 0 Å². The van der Waals surface area contributed by atoms with Gasteiger partial charge in [-0.1, -0.05) is 12.2 Å². The van der Waals surface area contributed by atoms with Crippen molar-refractivity contribution in [3.05, 3.63) is 11.8 Å². The number of rotatable bonds is 6. The Bertz CT molecular complexity index is 417. The molecule has 1 aromatic heterocycles. The lowest BCUT2D eigenvalue weighted by atomic mass is 10.3. The van der Waals surface area contributed by atoms with Crippen molar-refractivity contribution in [1.82, 2.24) is 9.78 Å². The van der Waals surface area contributed by atoms with Gasteiger partial charge in [0.25, 0.3) is 0 Å². The fourth-order valence-corrected chi connectivity index (χ4v) is 1.39. The molecule has 0 aliphatic carbocycles. The third kappa shape index (κ3) is 3.42. The summed E-state index contributed by atoms with van der Waals surface area (Å²) < 4.78 is 11.7. The summed E-state index contributed by atoms with van der Waals surface area (Å²) in [5.74, 6) is -0.135. The normalized spacial score (nSPS) is 10.0. The van der Waals surface area contributed by atoms with Crippen molar-refractivity contribution in [1.29, 1.82) is 0 Å².